The summed E-state index contributed by atoms with van der Waals surface area (Å²) in [5, 5.41) is 2.61. The minimum Gasteiger partial charge on any atom is -0.494 e. The van der Waals surface area contributed by atoms with Crippen LogP contribution in [0.2, 0.25) is 0 Å². The smallest absolute Gasteiger partial charge is 0.221 e. The summed E-state index contributed by atoms with van der Waals surface area (Å²) in [6, 6.07) is 7.44. The van der Waals surface area contributed by atoms with Crippen molar-refractivity contribution >= 4 is 23.1 Å². The molecule has 0 saturated heterocycles. The summed E-state index contributed by atoms with van der Waals surface area (Å²) in [5.41, 5.74) is 6.37. The van der Waals surface area contributed by atoms with E-state index in [0.29, 0.717) is 18.0 Å². The summed E-state index contributed by atoms with van der Waals surface area (Å²) in [4.78, 5) is 13.6. The Morgan fingerprint density at radius 3 is 2.57 bits per heavy atom. The molecular formula is C15H23N3O2S. The van der Waals surface area contributed by atoms with Gasteiger partial charge in [0.25, 0.3) is 0 Å². The van der Waals surface area contributed by atoms with E-state index in [-0.39, 0.29) is 5.91 Å². The Morgan fingerprint density at radius 1 is 1.33 bits per heavy atom. The normalized spacial score (nSPS) is 10.4. The molecule has 3 N–H and O–H groups in total. The first-order valence-corrected chi connectivity index (χ1v) is 7.35. The Kier molecular flexibility index (Phi) is 7.71. The maximum atomic E-state index is 11.1. The van der Waals surface area contributed by atoms with E-state index in [2.05, 4.69) is 10.2 Å². The predicted molar refractivity (Wildman–Crippen MR) is 88.6 cm³/mol. The van der Waals surface area contributed by atoms with E-state index in [9.17, 15) is 4.79 Å². The first kappa shape index (κ1) is 17.4. The standard InChI is InChI=1S/C15H23N3O2S/c1-17-14(19)8-10-18(2)9-3-11-20-13-6-4-12(5-7-13)15(16)21/h4-7H,3,8-11H2,1-2H3,(H2,16,21)(H,17,19). The van der Waals surface area contributed by atoms with Crippen molar-refractivity contribution in [2.75, 3.05) is 33.8 Å². The third-order valence-corrected chi connectivity index (χ3v) is 3.33. The molecule has 0 radical (unpaired) electrons. The van der Waals surface area contributed by atoms with Crippen LogP contribution < -0.4 is 15.8 Å². The quantitative estimate of drug-likeness (QED) is 0.529. The van der Waals surface area contributed by atoms with Crippen molar-refractivity contribution in [3.8, 4) is 5.75 Å². The number of thiocarbonyl (C=S) groups is 1. The van der Waals surface area contributed by atoms with Crippen molar-refractivity contribution in [2.24, 2.45) is 5.73 Å². The summed E-state index contributed by atoms with van der Waals surface area (Å²) < 4.78 is 5.65. The molecule has 1 amide bonds. The molecule has 6 heteroatoms. The lowest BCUT2D eigenvalue weighted by atomic mass is 10.2. The Hall–Kier alpha value is -1.66. The molecule has 0 aromatic heterocycles. The van der Waals surface area contributed by atoms with E-state index >= 15 is 0 Å². The minimum absolute atomic E-state index is 0.0657. The van der Waals surface area contributed by atoms with Crippen molar-refractivity contribution in [1.82, 2.24) is 10.2 Å². The van der Waals surface area contributed by atoms with Gasteiger partial charge in [-0.2, -0.15) is 0 Å². The van der Waals surface area contributed by atoms with Gasteiger partial charge in [0, 0.05) is 32.1 Å². The van der Waals surface area contributed by atoms with E-state index in [1.807, 2.05) is 31.3 Å². The summed E-state index contributed by atoms with van der Waals surface area (Å²) in [5.74, 6) is 0.874. The van der Waals surface area contributed by atoms with Gasteiger partial charge in [-0.25, -0.2) is 0 Å². The van der Waals surface area contributed by atoms with Crippen LogP contribution >= 0.6 is 12.2 Å². The Bertz CT molecular complexity index is 462. The van der Waals surface area contributed by atoms with Crippen LogP contribution in [0.5, 0.6) is 5.75 Å². The molecule has 0 aliphatic rings. The fourth-order valence-electron chi connectivity index (χ4n) is 1.77. The lowest BCUT2D eigenvalue weighted by Gasteiger charge is -2.16. The molecule has 0 fully saturated rings. The van der Waals surface area contributed by atoms with Crippen molar-refractivity contribution in [3.05, 3.63) is 29.8 Å². The maximum Gasteiger partial charge on any atom is 0.221 e. The SMILES string of the molecule is CNC(=O)CCN(C)CCCOc1ccc(C(N)=S)cc1. The van der Waals surface area contributed by atoms with Gasteiger partial charge in [-0.05, 0) is 37.7 Å². The summed E-state index contributed by atoms with van der Waals surface area (Å²) >= 11 is 4.90. The van der Waals surface area contributed by atoms with Gasteiger partial charge in [-0.3, -0.25) is 4.79 Å². The van der Waals surface area contributed by atoms with Crippen LogP contribution in [0.3, 0.4) is 0 Å². The highest BCUT2D eigenvalue weighted by atomic mass is 32.1. The van der Waals surface area contributed by atoms with Gasteiger partial charge in [0.15, 0.2) is 0 Å². The molecule has 0 atom stereocenters. The largest absolute Gasteiger partial charge is 0.494 e. The number of amides is 1. The van der Waals surface area contributed by atoms with Crippen molar-refractivity contribution in [2.45, 2.75) is 12.8 Å². The number of rotatable bonds is 9. The molecule has 0 saturated carbocycles. The summed E-state index contributed by atoms with van der Waals surface area (Å²) in [6.45, 7) is 2.28. The van der Waals surface area contributed by atoms with Crippen LogP contribution in [0.1, 0.15) is 18.4 Å². The molecule has 1 rings (SSSR count). The number of hydrogen-bond acceptors (Lipinski definition) is 4. The Labute approximate surface area is 131 Å². The third kappa shape index (κ3) is 7.06. The first-order chi connectivity index (χ1) is 10.0. The van der Waals surface area contributed by atoms with E-state index in [1.165, 1.54) is 0 Å². The van der Waals surface area contributed by atoms with Crippen molar-refractivity contribution < 1.29 is 9.53 Å². The van der Waals surface area contributed by atoms with Crippen molar-refractivity contribution in [1.29, 1.82) is 0 Å². The molecule has 0 aliphatic heterocycles. The number of benzene rings is 1. The fourth-order valence-corrected chi connectivity index (χ4v) is 1.91. The van der Waals surface area contributed by atoms with E-state index in [0.717, 1.165) is 30.8 Å². The lowest BCUT2D eigenvalue weighted by molar-refractivity contribution is -0.120. The maximum absolute atomic E-state index is 11.1. The molecule has 0 spiro atoms. The molecule has 0 heterocycles. The van der Waals surface area contributed by atoms with Gasteiger partial charge in [-0.15, -0.1) is 0 Å². The van der Waals surface area contributed by atoms with Gasteiger partial charge >= 0.3 is 0 Å². The number of ether oxygens (including phenoxy) is 1. The number of nitrogens with zero attached hydrogens (tertiary/aromatic N) is 1. The van der Waals surface area contributed by atoms with Gasteiger partial charge < -0.3 is 20.7 Å². The van der Waals surface area contributed by atoms with Gasteiger partial charge in [0.05, 0.1) is 6.61 Å². The second-order valence-corrected chi connectivity index (χ2v) is 5.26. The second-order valence-electron chi connectivity index (χ2n) is 4.82. The molecule has 116 valence electrons. The topological polar surface area (TPSA) is 67.6 Å². The van der Waals surface area contributed by atoms with Crippen LogP contribution in [0.15, 0.2) is 24.3 Å². The fraction of sp³-hybridized carbons (Fsp3) is 0.467. The van der Waals surface area contributed by atoms with Crippen LogP contribution in [0.4, 0.5) is 0 Å². The molecule has 0 aliphatic carbocycles. The van der Waals surface area contributed by atoms with E-state index < -0.39 is 0 Å². The van der Waals surface area contributed by atoms with E-state index in [4.69, 9.17) is 22.7 Å². The number of carbonyl (C=O) groups excluding carboxylic acids is 1. The van der Waals surface area contributed by atoms with Crippen LogP contribution in [-0.2, 0) is 4.79 Å². The highest BCUT2D eigenvalue weighted by Gasteiger charge is 2.03. The zero-order valence-electron chi connectivity index (χ0n) is 12.6. The first-order valence-electron chi connectivity index (χ1n) is 6.94. The van der Waals surface area contributed by atoms with Gasteiger partial charge in [0.2, 0.25) is 5.91 Å². The molecule has 0 unspecified atom stereocenters. The van der Waals surface area contributed by atoms with Crippen LogP contribution in [0, 0.1) is 0 Å². The number of hydrogen-bond donors (Lipinski definition) is 2. The van der Waals surface area contributed by atoms with Crippen LogP contribution in [-0.4, -0.2) is 49.6 Å². The van der Waals surface area contributed by atoms with E-state index in [1.54, 1.807) is 7.05 Å². The molecule has 21 heavy (non-hydrogen) atoms. The highest BCUT2D eigenvalue weighted by Crippen LogP contribution is 2.12. The third-order valence-electron chi connectivity index (χ3n) is 3.09. The molecular weight excluding hydrogens is 286 g/mol. The number of nitrogens with two attached hydrogens (primary N) is 1. The number of carbonyl (C=O) groups is 1. The summed E-state index contributed by atoms with van der Waals surface area (Å²) in [7, 11) is 3.65. The zero-order chi connectivity index (χ0) is 15.7. The lowest BCUT2D eigenvalue weighted by Crippen LogP contribution is -2.27. The van der Waals surface area contributed by atoms with Crippen LogP contribution in [0.25, 0.3) is 0 Å². The Balaban J connectivity index is 2.18. The average molecular weight is 309 g/mol. The molecule has 0 bridgehead atoms. The van der Waals surface area contributed by atoms with Gasteiger partial charge in [-0.1, -0.05) is 12.2 Å². The minimum atomic E-state index is 0.0657. The second kappa shape index (κ2) is 9.31. The molecule has 1 aromatic carbocycles. The zero-order valence-corrected chi connectivity index (χ0v) is 13.4. The monoisotopic (exact) mass is 309 g/mol. The molecule has 5 nitrogen and oxygen atoms in total. The van der Waals surface area contributed by atoms with Crippen molar-refractivity contribution in [3.63, 3.8) is 0 Å². The predicted octanol–water partition coefficient (Wildman–Crippen LogP) is 1.16. The van der Waals surface area contributed by atoms with Gasteiger partial charge in [0.1, 0.15) is 10.7 Å². The highest BCUT2D eigenvalue weighted by molar-refractivity contribution is 7.80. The number of nitrogens with one attached hydrogen (secondary N) is 1. The summed E-state index contributed by atoms with van der Waals surface area (Å²) in [6.07, 6.45) is 1.43. The molecule has 1 aromatic rings. The average Bonchev–Trinajstić information content (AvgIpc) is 2.49. The Morgan fingerprint density at radius 2 is 2.00 bits per heavy atom.